The van der Waals surface area contributed by atoms with Gasteiger partial charge in [-0.25, -0.2) is 15.0 Å². The number of halogens is 1. The van der Waals surface area contributed by atoms with Crippen LogP contribution in [0.15, 0.2) is 30.6 Å². The number of β-amino-alcohol motifs (C(OH)–C–C–N with tert-alkyl or cyclic N) is 1. The molecule has 1 unspecified atom stereocenters. The molecular formula is C20H24ClN5O. The van der Waals surface area contributed by atoms with Crippen LogP contribution in [0.4, 0.5) is 5.82 Å². The predicted octanol–water partition coefficient (Wildman–Crippen LogP) is 3.40. The Balaban J connectivity index is 1.81. The highest BCUT2D eigenvalue weighted by atomic mass is 35.5. The summed E-state index contributed by atoms with van der Waals surface area (Å²) >= 11 is 6.00. The van der Waals surface area contributed by atoms with E-state index >= 15 is 0 Å². The number of aliphatic hydroxyl groups excluding tert-OH is 1. The van der Waals surface area contributed by atoms with Gasteiger partial charge in [0.2, 0.25) is 0 Å². The molecule has 0 aliphatic carbocycles. The van der Waals surface area contributed by atoms with Crippen LogP contribution in [-0.4, -0.2) is 43.8 Å². The third-order valence-electron chi connectivity index (χ3n) is 4.85. The van der Waals surface area contributed by atoms with Gasteiger partial charge in [-0.2, -0.15) is 0 Å². The first kappa shape index (κ1) is 18.2. The molecule has 1 atom stereocenters. The molecule has 1 saturated heterocycles. The van der Waals surface area contributed by atoms with Crippen molar-refractivity contribution in [3.63, 3.8) is 0 Å². The van der Waals surface area contributed by atoms with E-state index < -0.39 is 0 Å². The molecule has 4 rings (SSSR count). The lowest BCUT2D eigenvalue weighted by molar-refractivity contribution is 0.198. The van der Waals surface area contributed by atoms with Crippen LogP contribution in [0.3, 0.4) is 0 Å². The Morgan fingerprint density at radius 2 is 1.93 bits per heavy atom. The van der Waals surface area contributed by atoms with Crippen LogP contribution >= 0.6 is 11.6 Å². The highest BCUT2D eigenvalue weighted by Gasteiger charge is 2.28. The summed E-state index contributed by atoms with van der Waals surface area (Å²) in [5.41, 5.74) is 2.55. The number of benzene rings is 1. The second-order valence-corrected chi connectivity index (χ2v) is 8.62. The average molecular weight is 386 g/mol. The fourth-order valence-corrected chi connectivity index (χ4v) is 3.45. The summed E-state index contributed by atoms with van der Waals surface area (Å²) < 4.78 is 2.05. The Hall–Kier alpha value is -2.18. The molecule has 1 fully saturated rings. The normalized spacial score (nSPS) is 17.8. The third kappa shape index (κ3) is 3.64. The van der Waals surface area contributed by atoms with Gasteiger partial charge in [-0.15, -0.1) is 0 Å². The van der Waals surface area contributed by atoms with Crippen LogP contribution in [0.1, 0.15) is 38.6 Å². The van der Waals surface area contributed by atoms with Gasteiger partial charge >= 0.3 is 0 Å². The number of hydrogen-bond donors (Lipinski definition) is 1. The zero-order chi connectivity index (χ0) is 19.2. The van der Waals surface area contributed by atoms with E-state index in [0.717, 1.165) is 46.4 Å². The van der Waals surface area contributed by atoms with Gasteiger partial charge in [0, 0.05) is 23.5 Å². The zero-order valence-corrected chi connectivity index (χ0v) is 16.6. The van der Waals surface area contributed by atoms with E-state index in [9.17, 15) is 5.11 Å². The summed E-state index contributed by atoms with van der Waals surface area (Å²) in [4.78, 5) is 16.4. The van der Waals surface area contributed by atoms with Gasteiger partial charge in [-0.1, -0.05) is 44.5 Å². The minimum Gasteiger partial charge on any atom is -0.391 e. The second-order valence-electron chi connectivity index (χ2n) is 8.18. The Bertz CT molecular complexity index is 961. The second kappa shape index (κ2) is 6.77. The molecule has 27 heavy (non-hydrogen) atoms. The van der Waals surface area contributed by atoms with Crippen LogP contribution in [-0.2, 0) is 12.0 Å². The fourth-order valence-electron chi connectivity index (χ4n) is 3.32. The zero-order valence-electron chi connectivity index (χ0n) is 15.9. The highest BCUT2D eigenvalue weighted by molar-refractivity contribution is 6.30. The van der Waals surface area contributed by atoms with Crippen LogP contribution in [0, 0.1) is 0 Å². The molecule has 0 spiro atoms. The minimum atomic E-state index is -0.316. The molecule has 3 aromatic rings. The molecular weight excluding hydrogens is 362 g/mol. The van der Waals surface area contributed by atoms with Gasteiger partial charge in [0.1, 0.15) is 5.82 Å². The Morgan fingerprint density at radius 1 is 1.19 bits per heavy atom. The van der Waals surface area contributed by atoms with E-state index in [1.807, 2.05) is 35.2 Å². The summed E-state index contributed by atoms with van der Waals surface area (Å²) in [5.74, 6) is 1.60. The number of imidazole rings is 1. The van der Waals surface area contributed by atoms with E-state index in [-0.39, 0.29) is 11.5 Å². The molecule has 1 N–H and O–H groups in total. The molecule has 1 aliphatic rings. The molecule has 0 saturated carbocycles. The van der Waals surface area contributed by atoms with Crippen LogP contribution in [0.5, 0.6) is 0 Å². The summed E-state index contributed by atoms with van der Waals surface area (Å²) in [6, 6.07) is 7.81. The van der Waals surface area contributed by atoms with E-state index in [1.165, 1.54) is 0 Å². The molecule has 3 heterocycles. The lowest BCUT2D eigenvalue weighted by Gasteiger charge is -2.22. The van der Waals surface area contributed by atoms with Gasteiger partial charge in [0.05, 0.1) is 19.0 Å². The highest BCUT2D eigenvalue weighted by Crippen LogP contribution is 2.30. The predicted molar refractivity (Wildman–Crippen MR) is 107 cm³/mol. The van der Waals surface area contributed by atoms with Crippen molar-refractivity contribution >= 4 is 28.6 Å². The van der Waals surface area contributed by atoms with E-state index in [1.54, 1.807) is 0 Å². The molecule has 1 aromatic carbocycles. The number of anilines is 1. The topological polar surface area (TPSA) is 67.1 Å². The smallest absolute Gasteiger partial charge is 0.166 e. The summed E-state index contributed by atoms with van der Waals surface area (Å²) in [6.45, 7) is 8.35. The van der Waals surface area contributed by atoms with Gasteiger partial charge in [0.15, 0.2) is 17.0 Å². The summed E-state index contributed by atoms with van der Waals surface area (Å²) in [6.07, 6.45) is 2.25. The molecule has 142 valence electrons. The first-order chi connectivity index (χ1) is 12.8. The van der Waals surface area contributed by atoms with Crippen molar-refractivity contribution in [3.05, 3.63) is 47.0 Å². The number of rotatable bonds is 3. The van der Waals surface area contributed by atoms with Crippen molar-refractivity contribution in [3.8, 4) is 0 Å². The monoisotopic (exact) mass is 385 g/mol. The molecule has 7 heteroatoms. The number of fused-ring (bicyclic) bond motifs is 1. The molecule has 0 amide bonds. The van der Waals surface area contributed by atoms with Crippen molar-refractivity contribution in [2.45, 2.75) is 45.3 Å². The van der Waals surface area contributed by atoms with Crippen LogP contribution in [0.25, 0.3) is 11.2 Å². The number of hydrogen-bond acceptors (Lipinski definition) is 5. The first-order valence-electron chi connectivity index (χ1n) is 9.22. The van der Waals surface area contributed by atoms with Gasteiger partial charge in [-0.3, -0.25) is 0 Å². The Kier molecular flexibility index (Phi) is 4.56. The quantitative estimate of drug-likeness (QED) is 0.748. The van der Waals surface area contributed by atoms with E-state index in [0.29, 0.717) is 13.1 Å². The van der Waals surface area contributed by atoms with Crippen molar-refractivity contribution in [2.24, 2.45) is 0 Å². The van der Waals surface area contributed by atoms with E-state index in [4.69, 9.17) is 21.6 Å². The van der Waals surface area contributed by atoms with Gasteiger partial charge in [0.25, 0.3) is 0 Å². The molecule has 6 nitrogen and oxygen atoms in total. The minimum absolute atomic E-state index is 0.184. The first-order valence-corrected chi connectivity index (χ1v) is 9.60. The van der Waals surface area contributed by atoms with Gasteiger partial charge < -0.3 is 14.6 Å². The average Bonchev–Trinajstić information content (AvgIpc) is 3.22. The largest absolute Gasteiger partial charge is 0.391 e. The van der Waals surface area contributed by atoms with Crippen molar-refractivity contribution in [1.82, 2.24) is 19.5 Å². The molecule has 0 radical (unpaired) electrons. The SMILES string of the molecule is CC(C)(C)c1nc(N2CCC(O)C2)c2ncn(Cc3ccc(Cl)cc3)c2n1. The molecule has 1 aliphatic heterocycles. The lowest BCUT2D eigenvalue weighted by Crippen LogP contribution is -2.25. The van der Waals surface area contributed by atoms with Gasteiger partial charge in [-0.05, 0) is 24.1 Å². The Morgan fingerprint density at radius 3 is 2.56 bits per heavy atom. The Labute approximate surface area is 163 Å². The summed E-state index contributed by atoms with van der Waals surface area (Å²) in [7, 11) is 0. The number of nitrogens with zero attached hydrogens (tertiary/aromatic N) is 5. The third-order valence-corrected chi connectivity index (χ3v) is 5.10. The van der Waals surface area contributed by atoms with Crippen molar-refractivity contribution in [1.29, 1.82) is 0 Å². The lowest BCUT2D eigenvalue weighted by atomic mass is 9.96. The van der Waals surface area contributed by atoms with Crippen molar-refractivity contribution in [2.75, 3.05) is 18.0 Å². The molecule has 2 aromatic heterocycles. The van der Waals surface area contributed by atoms with Crippen molar-refractivity contribution < 1.29 is 5.11 Å². The number of aromatic nitrogens is 4. The molecule has 0 bridgehead atoms. The standard InChI is InChI=1S/C20H24ClN5O/c1-20(2,3)19-23-17(25-9-8-15(27)11-25)16-18(24-19)26(12-22-16)10-13-4-6-14(21)7-5-13/h4-7,12,15,27H,8-11H2,1-3H3. The maximum absolute atomic E-state index is 9.96. The fraction of sp³-hybridized carbons (Fsp3) is 0.450. The maximum Gasteiger partial charge on any atom is 0.166 e. The van der Waals surface area contributed by atoms with E-state index in [2.05, 4.69) is 30.7 Å². The van der Waals surface area contributed by atoms with Crippen LogP contribution < -0.4 is 4.90 Å². The maximum atomic E-state index is 9.96. The van der Waals surface area contributed by atoms with Crippen LogP contribution in [0.2, 0.25) is 5.02 Å². The number of aliphatic hydroxyl groups is 1. The summed E-state index contributed by atoms with van der Waals surface area (Å²) in [5, 5.41) is 10.7.